The molecule has 0 aromatic carbocycles. The summed E-state index contributed by atoms with van der Waals surface area (Å²) in [6.45, 7) is 12.4. The minimum atomic E-state index is -2.43. The SMILES string of the molecule is CCCCCCCCNCCC[Si](OCC)(OCC)OCC. The lowest BCUT2D eigenvalue weighted by Crippen LogP contribution is -2.46. The van der Waals surface area contributed by atoms with Gasteiger partial charge in [-0.2, -0.15) is 0 Å². The van der Waals surface area contributed by atoms with Gasteiger partial charge in [-0.3, -0.25) is 0 Å². The molecule has 0 amide bonds. The van der Waals surface area contributed by atoms with Gasteiger partial charge >= 0.3 is 8.80 Å². The van der Waals surface area contributed by atoms with E-state index in [-0.39, 0.29) is 0 Å². The Bertz CT molecular complexity index is 213. The van der Waals surface area contributed by atoms with Crippen LogP contribution >= 0.6 is 0 Å². The Morgan fingerprint density at radius 2 is 1.14 bits per heavy atom. The maximum absolute atomic E-state index is 5.86. The molecule has 5 heteroatoms. The summed E-state index contributed by atoms with van der Waals surface area (Å²) in [5.41, 5.74) is 0. The molecule has 0 bridgehead atoms. The minimum absolute atomic E-state index is 0.664. The van der Waals surface area contributed by atoms with E-state index in [9.17, 15) is 0 Å². The van der Waals surface area contributed by atoms with Gasteiger partial charge in [0.05, 0.1) is 0 Å². The van der Waals surface area contributed by atoms with Gasteiger partial charge in [0.15, 0.2) is 0 Å². The fourth-order valence-electron chi connectivity index (χ4n) is 2.59. The fourth-order valence-corrected chi connectivity index (χ4v) is 5.20. The maximum Gasteiger partial charge on any atom is 0.500 e. The Morgan fingerprint density at radius 3 is 1.68 bits per heavy atom. The summed E-state index contributed by atoms with van der Waals surface area (Å²) in [5, 5.41) is 3.53. The molecule has 0 aliphatic heterocycles. The lowest BCUT2D eigenvalue weighted by Gasteiger charge is -2.28. The molecule has 0 aliphatic carbocycles. The molecule has 0 saturated heterocycles. The second kappa shape index (κ2) is 15.9. The van der Waals surface area contributed by atoms with Gasteiger partial charge in [0.2, 0.25) is 0 Å². The van der Waals surface area contributed by atoms with E-state index >= 15 is 0 Å². The zero-order valence-electron chi connectivity index (χ0n) is 15.4. The predicted octanol–water partition coefficient (Wildman–Crippen LogP) is 4.38. The predicted molar refractivity (Wildman–Crippen MR) is 96.3 cm³/mol. The van der Waals surface area contributed by atoms with Crippen LogP contribution in [0.3, 0.4) is 0 Å². The zero-order valence-corrected chi connectivity index (χ0v) is 16.4. The molecule has 0 heterocycles. The number of nitrogens with one attached hydrogen (secondary N) is 1. The molecule has 134 valence electrons. The van der Waals surface area contributed by atoms with Crippen molar-refractivity contribution in [2.75, 3.05) is 32.9 Å². The molecule has 0 fully saturated rings. The maximum atomic E-state index is 5.86. The number of unbranched alkanes of at least 4 members (excludes halogenated alkanes) is 5. The highest BCUT2D eigenvalue weighted by molar-refractivity contribution is 6.60. The van der Waals surface area contributed by atoms with Crippen LogP contribution in [0, 0.1) is 0 Å². The van der Waals surface area contributed by atoms with E-state index in [4.69, 9.17) is 13.3 Å². The molecule has 1 N–H and O–H groups in total. The molecule has 4 nitrogen and oxygen atoms in total. The summed E-state index contributed by atoms with van der Waals surface area (Å²) in [4.78, 5) is 0. The van der Waals surface area contributed by atoms with Crippen LogP contribution in [-0.4, -0.2) is 41.7 Å². The van der Waals surface area contributed by atoms with Crippen molar-refractivity contribution in [1.82, 2.24) is 5.32 Å². The van der Waals surface area contributed by atoms with Crippen LogP contribution in [0.4, 0.5) is 0 Å². The second-order valence-electron chi connectivity index (χ2n) is 5.60. The van der Waals surface area contributed by atoms with Crippen molar-refractivity contribution in [3.8, 4) is 0 Å². The standard InChI is InChI=1S/C17H39NO3Si/c1-5-9-10-11-12-13-15-18-16-14-17-22(19-6-2,20-7-3)21-8-4/h18H,5-17H2,1-4H3. The first kappa shape index (κ1) is 22.1. The molecule has 0 spiro atoms. The normalized spacial score (nSPS) is 12.0. The van der Waals surface area contributed by atoms with Crippen LogP contribution in [0.15, 0.2) is 0 Å². The van der Waals surface area contributed by atoms with E-state index in [1.807, 2.05) is 20.8 Å². The van der Waals surface area contributed by atoms with Gasteiger partial charge in [-0.1, -0.05) is 39.0 Å². The lowest BCUT2D eigenvalue weighted by atomic mass is 10.1. The van der Waals surface area contributed by atoms with Crippen LogP contribution in [0.25, 0.3) is 0 Å². The molecular weight excluding hydrogens is 294 g/mol. The Balaban J connectivity index is 3.70. The van der Waals surface area contributed by atoms with E-state index in [1.54, 1.807) is 0 Å². The largest absolute Gasteiger partial charge is 0.500 e. The van der Waals surface area contributed by atoms with E-state index in [0.29, 0.717) is 19.8 Å². The average molecular weight is 334 g/mol. The molecule has 0 aliphatic rings. The molecule has 0 rings (SSSR count). The molecule has 0 unspecified atom stereocenters. The van der Waals surface area contributed by atoms with E-state index in [2.05, 4.69) is 12.2 Å². The molecule has 0 aromatic heterocycles. The molecule has 22 heavy (non-hydrogen) atoms. The molecule has 0 radical (unpaired) electrons. The third kappa shape index (κ3) is 11.6. The van der Waals surface area contributed by atoms with E-state index in [0.717, 1.165) is 25.6 Å². The van der Waals surface area contributed by atoms with Crippen molar-refractivity contribution in [3.05, 3.63) is 0 Å². The smallest absolute Gasteiger partial charge is 0.374 e. The summed E-state index contributed by atoms with van der Waals surface area (Å²) in [7, 11) is -2.43. The van der Waals surface area contributed by atoms with Crippen LogP contribution < -0.4 is 5.32 Å². The highest BCUT2D eigenvalue weighted by Crippen LogP contribution is 2.17. The van der Waals surface area contributed by atoms with Gasteiger partial charge in [-0.15, -0.1) is 0 Å². The summed E-state index contributed by atoms with van der Waals surface area (Å²) in [6, 6.07) is 0.909. The lowest BCUT2D eigenvalue weighted by molar-refractivity contribution is 0.0708. The summed E-state index contributed by atoms with van der Waals surface area (Å²) in [5.74, 6) is 0. The summed E-state index contributed by atoms with van der Waals surface area (Å²) < 4.78 is 17.6. The molecule has 0 atom stereocenters. The van der Waals surface area contributed by atoms with Crippen molar-refractivity contribution in [1.29, 1.82) is 0 Å². The third-order valence-corrected chi connectivity index (χ3v) is 6.79. The van der Waals surface area contributed by atoms with Crippen molar-refractivity contribution in [2.45, 2.75) is 78.7 Å². The Kier molecular flexibility index (Phi) is 16.0. The van der Waals surface area contributed by atoms with Crippen molar-refractivity contribution in [2.24, 2.45) is 0 Å². The van der Waals surface area contributed by atoms with Crippen LogP contribution in [0.1, 0.15) is 72.6 Å². The van der Waals surface area contributed by atoms with Crippen LogP contribution in [0.2, 0.25) is 6.04 Å². The van der Waals surface area contributed by atoms with E-state index < -0.39 is 8.80 Å². The molecule has 0 saturated carbocycles. The Morgan fingerprint density at radius 1 is 0.636 bits per heavy atom. The number of hydrogen-bond donors (Lipinski definition) is 1. The molecule has 0 aromatic rings. The van der Waals surface area contributed by atoms with Gasteiger partial charge in [-0.25, -0.2) is 0 Å². The summed E-state index contributed by atoms with van der Waals surface area (Å²) >= 11 is 0. The number of rotatable bonds is 17. The highest BCUT2D eigenvalue weighted by atomic mass is 28.4. The van der Waals surface area contributed by atoms with Crippen LogP contribution in [-0.2, 0) is 13.3 Å². The van der Waals surface area contributed by atoms with Gasteiger partial charge in [0, 0.05) is 25.9 Å². The quantitative estimate of drug-likeness (QED) is 0.317. The summed E-state index contributed by atoms with van der Waals surface area (Å²) in [6.07, 6.45) is 9.17. The minimum Gasteiger partial charge on any atom is -0.374 e. The first-order valence-corrected chi connectivity index (χ1v) is 11.3. The zero-order chi connectivity index (χ0) is 16.5. The van der Waals surface area contributed by atoms with Gasteiger partial charge < -0.3 is 18.6 Å². The second-order valence-corrected chi connectivity index (χ2v) is 8.34. The van der Waals surface area contributed by atoms with Gasteiger partial charge in [0.25, 0.3) is 0 Å². The first-order chi connectivity index (χ1) is 10.7. The monoisotopic (exact) mass is 333 g/mol. The van der Waals surface area contributed by atoms with Crippen LogP contribution in [0.5, 0.6) is 0 Å². The number of hydrogen-bond acceptors (Lipinski definition) is 4. The van der Waals surface area contributed by atoms with Gasteiger partial charge in [-0.05, 0) is 46.7 Å². The molecular formula is C17H39NO3Si. The van der Waals surface area contributed by atoms with Crippen molar-refractivity contribution >= 4 is 8.80 Å². The third-order valence-electron chi connectivity index (χ3n) is 3.64. The Hall–Kier alpha value is 0.0569. The Labute approximate surface area is 139 Å². The van der Waals surface area contributed by atoms with E-state index in [1.165, 1.54) is 38.5 Å². The van der Waals surface area contributed by atoms with Crippen molar-refractivity contribution < 1.29 is 13.3 Å². The fraction of sp³-hybridized carbons (Fsp3) is 1.00. The van der Waals surface area contributed by atoms with Gasteiger partial charge in [0.1, 0.15) is 0 Å². The first-order valence-electron chi connectivity index (χ1n) is 9.37. The highest BCUT2D eigenvalue weighted by Gasteiger charge is 2.39. The van der Waals surface area contributed by atoms with Crippen molar-refractivity contribution in [3.63, 3.8) is 0 Å². The average Bonchev–Trinajstić information content (AvgIpc) is 2.50. The topological polar surface area (TPSA) is 39.7 Å².